The number of fused-ring (bicyclic) bond motifs is 1. The molecule has 2 bridgehead atoms. The Morgan fingerprint density at radius 2 is 2.08 bits per heavy atom. The van der Waals surface area contributed by atoms with Gasteiger partial charge in [-0.2, -0.15) is 3.96 Å². The standard InChI is InChI=1S/C8H3NO2S/c10-7-4-2-1-3-5-6(4)8(11)9(7)12-5/h1-3H. The fourth-order valence-corrected chi connectivity index (χ4v) is 2.47. The highest BCUT2D eigenvalue weighted by Gasteiger charge is 2.27. The van der Waals surface area contributed by atoms with E-state index < -0.39 is 0 Å². The maximum absolute atomic E-state index is 11.3. The summed E-state index contributed by atoms with van der Waals surface area (Å²) in [5.41, 5.74) is 0.395. The smallest absolute Gasteiger partial charge is 0.267 e. The molecular weight excluding hydrogens is 174 g/mol. The Morgan fingerprint density at radius 3 is 2.75 bits per heavy atom. The van der Waals surface area contributed by atoms with E-state index >= 15 is 0 Å². The zero-order valence-electron chi connectivity index (χ0n) is 5.90. The number of carbonyl (C=O) groups excluding carboxylic acids is 1. The van der Waals surface area contributed by atoms with Crippen LogP contribution < -0.4 is 5.56 Å². The van der Waals surface area contributed by atoms with E-state index in [1.54, 1.807) is 12.1 Å². The van der Waals surface area contributed by atoms with Crippen LogP contribution in [0.5, 0.6) is 0 Å². The lowest BCUT2D eigenvalue weighted by Gasteiger charge is -1.98. The second kappa shape index (κ2) is 1.67. The minimum Gasteiger partial charge on any atom is -0.267 e. The molecule has 4 heteroatoms. The molecule has 0 radical (unpaired) electrons. The number of carbonyl (C=O) groups is 1. The minimum atomic E-state index is -0.173. The summed E-state index contributed by atoms with van der Waals surface area (Å²) in [6.07, 6.45) is 0. The van der Waals surface area contributed by atoms with Crippen molar-refractivity contribution in [3.63, 3.8) is 0 Å². The molecule has 0 atom stereocenters. The van der Waals surface area contributed by atoms with E-state index in [0.717, 1.165) is 4.70 Å². The van der Waals surface area contributed by atoms with Gasteiger partial charge in [0.15, 0.2) is 0 Å². The second-order valence-electron chi connectivity index (χ2n) is 2.67. The highest BCUT2D eigenvalue weighted by Crippen LogP contribution is 2.26. The molecule has 58 valence electrons. The Bertz CT molecular complexity index is 564. The van der Waals surface area contributed by atoms with Gasteiger partial charge in [0.2, 0.25) is 0 Å². The summed E-state index contributed by atoms with van der Waals surface area (Å²) in [5.74, 6) is -0.173. The molecule has 1 aromatic carbocycles. The van der Waals surface area contributed by atoms with Gasteiger partial charge < -0.3 is 0 Å². The van der Waals surface area contributed by atoms with Gasteiger partial charge in [-0.3, -0.25) is 9.59 Å². The van der Waals surface area contributed by atoms with Crippen molar-refractivity contribution in [2.45, 2.75) is 0 Å². The summed E-state index contributed by atoms with van der Waals surface area (Å²) in [7, 11) is 0. The molecule has 0 N–H and O–H groups in total. The van der Waals surface area contributed by atoms with Gasteiger partial charge in [-0.1, -0.05) is 6.07 Å². The van der Waals surface area contributed by atoms with E-state index in [9.17, 15) is 9.59 Å². The van der Waals surface area contributed by atoms with Gasteiger partial charge >= 0.3 is 0 Å². The van der Waals surface area contributed by atoms with Crippen molar-refractivity contribution in [2.75, 3.05) is 0 Å². The first-order valence-electron chi connectivity index (χ1n) is 3.49. The van der Waals surface area contributed by atoms with Crippen LogP contribution in [-0.2, 0) is 0 Å². The highest BCUT2D eigenvalue weighted by atomic mass is 32.1. The molecule has 2 heterocycles. The monoisotopic (exact) mass is 177 g/mol. The zero-order chi connectivity index (χ0) is 8.29. The first-order valence-corrected chi connectivity index (χ1v) is 4.26. The average Bonchev–Trinajstić information content (AvgIpc) is 2.51. The number of rotatable bonds is 0. The van der Waals surface area contributed by atoms with Crippen LogP contribution in [0, 0.1) is 0 Å². The van der Waals surface area contributed by atoms with Gasteiger partial charge in [0.05, 0.1) is 15.6 Å². The Balaban J connectivity index is 2.79. The topological polar surface area (TPSA) is 39.1 Å². The van der Waals surface area contributed by atoms with Crippen molar-refractivity contribution in [3.05, 3.63) is 34.1 Å². The lowest BCUT2D eigenvalue weighted by Crippen LogP contribution is -2.13. The van der Waals surface area contributed by atoms with Crippen LogP contribution in [0.2, 0.25) is 0 Å². The molecule has 12 heavy (non-hydrogen) atoms. The second-order valence-corrected chi connectivity index (χ2v) is 3.66. The van der Waals surface area contributed by atoms with Crippen molar-refractivity contribution >= 4 is 27.5 Å². The summed E-state index contributed by atoms with van der Waals surface area (Å²) in [5, 5.41) is 0.590. The van der Waals surface area contributed by atoms with Crippen LogP contribution in [0.4, 0.5) is 0 Å². The predicted molar refractivity (Wildman–Crippen MR) is 45.8 cm³/mol. The van der Waals surface area contributed by atoms with E-state index in [1.165, 1.54) is 15.5 Å². The summed E-state index contributed by atoms with van der Waals surface area (Å²) in [6, 6.07) is 5.35. The number of hydrogen-bond donors (Lipinski definition) is 0. The Labute approximate surface area is 71.0 Å². The van der Waals surface area contributed by atoms with E-state index in [0.29, 0.717) is 10.9 Å². The number of aromatic nitrogens is 1. The van der Waals surface area contributed by atoms with Crippen LogP contribution in [0.25, 0.3) is 10.1 Å². The van der Waals surface area contributed by atoms with Crippen LogP contribution in [0.15, 0.2) is 23.0 Å². The van der Waals surface area contributed by atoms with Crippen LogP contribution >= 0.6 is 11.5 Å². The van der Waals surface area contributed by atoms with E-state index in [1.807, 2.05) is 6.07 Å². The van der Waals surface area contributed by atoms with Crippen LogP contribution in [0.1, 0.15) is 10.4 Å². The molecule has 3 nitrogen and oxygen atoms in total. The number of nitrogens with zero attached hydrogens (tertiary/aromatic N) is 1. The number of hydrogen-bond acceptors (Lipinski definition) is 3. The lowest BCUT2D eigenvalue weighted by atomic mass is 10.2. The maximum Gasteiger partial charge on any atom is 0.276 e. The fourth-order valence-electron chi connectivity index (χ4n) is 1.49. The van der Waals surface area contributed by atoms with Crippen LogP contribution in [-0.4, -0.2) is 9.86 Å². The molecule has 0 spiro atoms. The van der Waals surface area contributed by atoms with Gasteiger partial charge in [0.25, 0.3) is 11.5 Å². The van der Waals surface area contributed by atoms with Crippen molar-refractivity contribution in [1.29, 1.82) is 0 Å². The van der Waals surface area contributed by atoms with Gasteiger partial charge in [-0.15, -0.1) is 0 Å². The molecule has 0 fully saturated rings. The predicted octanol–water partition coefficient (Wildman–Crippen LogP) is 1.06. The Hall–Kier alpha value is -1.42. The van der Waals surface area contributed by atoms with Gasteiger partial charge in [-0.25, -0.2) is 0 Å². The molecule has 0 unspecified atom stereocenters. The molecule has 1 aliphatic rings. The van der Waals surface area contributed by atoms with Crippen molar-refractivity contribution in [1.82, 2.24) is 3.96 Å². The molecule has 0 saturated heterocycles. The Morgan fingerprint density at radius 1 is 1.25 bits per heavy atom. The van der Waals surface area contributed by atoms with Crippen molar-refractivity contribution in [3.8, 4) is 0 Å². The summed E-state index contributed by atoms with van der Waals surface area (Å²) < 4.78 is 2.11. The molecule has 0 amide bonds. The molecular formula is C8H3NO2S. The molecule has 3 rings (SSSR count). The van der Waals surface area contributed by atoms with Crippen molar-refractivity contribution in [2.24, 2.45) is 0 Å². The Kier molecular flexibility index (Phi) is 0.851. The zero-order valence-corrected chi connectivity index (χ0v) is 6.72. The van der Waals surface area contributed by atoms with Gasteiger partial charge in [-0.05, 0) is 23.7 Å². The summed E-state index contributed by atoms with van der Waals surface area (Å²) in [6.45, 7) is 0. The fraction of sp³-hybridized carbons (Fsp3) is 0. The minimum absolute atomic E-state index is 0.157. The third kappa shape index (κ3) is 0.464. The first kappa shape index (κ1) is 6.14. The molecule has 1 aliphatic heterocycles. The SMILES string of the molecule is O=C1c2cccc3sn1c(=O)c23. The van der Waals surface area contributed by atoms with Gasteiger partial charge in [0.1, 0.15) is 0 Å². The first-order chi connectivity index (χ1) is 5.79. The normalized spacial score (nSPS) is 13.5. The maximum atomic E-state index is 11.3. The third-order valence-electron chi connectivity index (χ3n) is 2.03. The molecule has 0 saturated carbocycles. The average molecular weight is 177 g/mol. The summed E-state index contributed by atoms with van der Waals surface area (Å²) >= 11 is 1.22. The molecule has 2 aromatic rings. The molecule has 0 aliphatic carbocycles. The lowest BCUT2D eigenvalue weighted by molar-refractivity contribution is 0.0975. The van der Waals surface area contributed by atoms with E-state index in [-0.39, 0.29) is 11.5 Å². The van der Waals surface area contributed by atoms with Crippen LogP contribution in [0.3, 0.4) is 0 Å². The molecule has 1 aromatic heterocycles. The summed E-state index contributed by atoms with van der Waals surface area (Å²) in [4.78, 5) is 22.7. The van der Waals surface area contributed by atoms with E-state index in [2.05, 4.69) is 0 Å². The van der Waals surface area contributed by atoms with Gasteiger partial charge in [0, 0.05) is 0 Å². The quantitative estimate of drug-likeness (QED) is 0.515. The van der Waals surface area contributed by atoms with Crippen molar-refractivity contribution < 1.29 is 4.79 Å². The van der Waals surface area contributed by atoms with E-state index in [4.69, 9.17) is 0 Å². The number of benzene rings is 1. The third-order valence-corrected chi connectivity index (χ3v) is 3.08. The highest BCUT2D eigenvalue weighted by molar-refractivity contribution is 7.15. The largest absolute Gasteiger partial charge is 0.276 e.